The molecule has 1 fully saturated rings. The minimum absolute atomic E-state index is 0.308. The Morgan fingerprint density at radius 3 is 2.71 bits per heavy atom. The molecule has 0 N–H and O–H groups in total. The number of hydrogen-bond donors (Lipinski definition) is 0. The van der Waals surface area contributed by atoms with Crippen LogP contribution >= 0.6 is 0 Å². The van der Waals surface area contributed by atoms with Crippen molar-refractivity contribution in [2.24, 2.45) is 0 Å². The molecule has 0 bridgehead atoms. The van der Waals surface area contributed by atoms with Crippen LogP contribution in [-0.4, -0.2) is 46.0 Å². The molecule has 0 amide bonds. The number of rotatable bonds is 7. The highest BCUT2D eigenvalue weighted by Crippen LogP contribution is 2.28. The first kappa shape index (κ1) is 20.2. The molecule has 0 aromatic heterocycles. The van der Waals surface area contributed by atoms with Crippen molar-refractivity contribution in [1.29, 1.82) is 0 Å². The average molecular weight is 383 g/mol. The zero-order valence-electron chi connectivity index (χ0n) is 16.9. The molecule has 5 heteroatoms. The molecule has 0 aliphatic carbocycles. The van der Waals surface area contributed by atoms with Crippen LogP contribution < -0.4 is 9.64 Å². The summed E-state index contributed by atoms with van der Waals surface area (Å²) >= 11 is 0. The number of nitrogens with zero attached hydrogens (tertiary/aromatic N) is 1. The van der Waals surface area contributed by atoms with E-state index in [1.165, 1.54) is 12.7 Å². The van der Waals surface area contributed by atoms with Gasteiger partial charge in [0.1, 0.15) is 5.75 Å². The molecule has 2 aromatic carbocycles. The zero-order valence-corrected chi connectivity index (χ0v) is 16.9. The smallest absolute Gasteiger partial charge is 0.337 e. The first-order chi connectivity index (χ1) is 13.6. The number of benzene rings is 2. The number of methoxy groups -OCH3 is 2. The number of esters is 1. The molecule has 28 heavy (non-hydrogen) atoms. The Balaban J connectivity index is 1.65. The summed E-state index contributed by atoms with van der Waals surface area (Å²) in [5, 5.41) is 0. The average Bonchev–Trinajstić information content (AvgIpc) is 2.77. The highest BCUT2D eigenvalue weighted by Gasteiger charge is 2.24. The van der Waals surface area contributed by atoms with Crippen LogP contribution in [0, 0.1) is 0 Å². The fourth-order valence-corrected chi connectivity index (χ4v) is 3.70. The van der Waals surface area contributed by atoms with E-state index in [0.29, 0.717) is 17.5 Å². The van der Waals surface area contributed by atoms with Gasteiger partial charge in [-0.1, -0.05) is 19.1 Å². The van der Waals surface area contributed by atoms with Crippen molar-refractivity contribution in [2.75, 3.05) is 38.9 Å². The lowest BCUT2D eigenvalue weighted by atomic mass is 9.93. The normalized spacial score (nSPS) is 17.8. The Morgan fingerprint density at radius 2 is 2.00 bits per heavy atom. The molecule has 2 atom stereocenters. The van der Waals surface area contributed by atoms with Gasteiger partial charge in [-0.25, -0.2) is 4.79 Å². The summed E-state index contributed by atoms with van der Waals surface area (Å²) in [6, 6.07) is 16.3. The van der Waals surface area contributed by atoms with Crippen molar-refractivity contribution in [1.82, 2.24) is 0 Å². The quantitative estimate of drug-likeness (QED) is 0.668. The second-order valence-corrected chi connectivity index (χ2v) is 7.22. The molecule has 5 nitrogen and oxygen atoms in total. The van der Waals surface area contributed by atoms with Gasteiger partial charge in [-0.15, -0.1) is 0 Å². The summed E-state index contributed by atoms with van der Waals surface area (Å²) in [5.41, 5.74) is 2.99. The van der Waals surface area contributed by atoms with Crippen LogP contribution in [0.25, 0.3) is 0 Å². The summed E-state index contributed by atoms with van der Waals surface area (Å²) in [6.45, 7) is 4.56. The zero-order chi connectivity index (χ0) is 19.9. The maximum Gasteiger partial charge on any atom is 0.337 e. The van der Waals surface area contributed by atoms with Gasteiger partial charge in [0.2, 0.25) is 0 Å². The second kappa shape index (κ2) is 9.60. The summed E-state index contributed by atoms with van der Waals surface area (Å²) in [7, 11) is 3.10. The lowest BCUT2D eigenvalue weighted by molar-refractivity contribution is 0.0600. The summed E-state index contributed by atoms with van der Waals surface area (Å²) in [4.78, 5) is 14.1. The van der Waals surface area contributed by atoms with Crippen LogP contribution in [0.3, 0.4) is 0 Å². The Kier molecular flexibility index (Phi) is 6.93. The maximum absolute atomic E-state index is 11.7. The SMILES string of the molecule is COC(=O)c1ccc(N2CCOCC2CC[C@H](C)c2cccc(OC)c2)cc1. The van der Waals surface area contributed by atoms with Gasteiger partial charge in [0.05, 0.1) is 39.0 Å². The Hall–Kier alpha value is -2.53. The molecular weight excluding hydrogens is 354 g/mol. The number of ether oxygens (including phenoxy) is 3. The summed E-state index contributed by atoms with van der Waals surface area (Å²) < 4.78 is 15.9. The van der Waals surface area contributed by atoms with Gasteiger partial charge >= 0.3 is 5.97 Å². The third kappa shape index (κ3) is 4.84. The molecular formula is C23H29NO4. The first-order valence-corrected chi connectivity index (χ1v) is 9.79. The van der Waals surface area contributed by atoms with Crippen molar-refractivity contribution >= 4 is 11.7 Å². The monoisotopic (exact) mass is 383 g/mol. The number of carbonyl (C=O) groups is 1. The van der Waals surface area contributed by atoms with Crippen LogP contribution in [0.15, 0.2) is 48.5 Å². The highest BCUT2D eigenvalue weighted by molar-refractivity contribution is 5.89. The molecule has 1 saturated heterocycles. The third-order valence-electron chi connectivity index (χ3n) is 5.44. The molecule has 0 saturated carbocycles. The first-order valence-electron chi connectivity index (χ1n) is 9.79. The Labute approximate surface area is 167 Å². The molecule has 3 rings (SSSR count). The molecule has 1 aliphatic rings. The van der Waals surface area contributed by atoms with Crippen LogP contribution in [0.4, 0.5) is 5.69 Å². The molecule has 1 aliphatic heterocycles. The number of hydrogen-bond acceptors (Lipinski definition) is 5. The van der Waals surface area contributed by atoms with E-state index in [-0.39, 0.29) is 5.97 Å². The molecule has 0 radical (unpaired) electrons. The van der Waals surface area contributed by atoms with Crippen molar-refractivity contribution in [2.45, 2.75) is 31.7 Å². The predicted molar refractivity (Wildman–Crippen MR) is 110 cm³/mol. The van der Waals surface area contributed by atoms with Gasteiger partial charge in [-0.05, 0) is 60.7 Å². The van der Waals surface area contributed by atoms with E-state index in [4.69, 9.17) is 14.2 Å². The van der Waals surface area contributed by atoms with Crippen LogP contribution in [0.1, 0.15) is 41.6 Å². The van der Waals surface area contributed by atoms with Gasteiger partial charge in [0.25, 0.3) is 0 Å². The van der Waals surface area contributed by atoms with Gasteiger partial charge < -0.3 is 19.1 Å². The molecule has 1 heterocycles. The highest BCUT2D eigenvalue weighted by atomic mass is 16.5. The number of carbonyl (C=O) groups excluding carboxylic acids is 1. The van der Waals surface area contributed by atoms with E-state index in [0.717, 1.165) is 44.0 Å². The standard InChI is InChI=1S/C23H29NO4/c1-17(19-5-4-6-22(15-19)26-2)7-10-21-16-28-14-13-24(21)20-11-8-18(9-12-20)23(25)27-3/h4-6,8-9,11-12,15,17,21H,7,10,13-14,16H2,1-3H3/t17-,21?/m0/s1. The maximum atomic E-state index is 11.7. The van der Waals surface area contributed by atoms with E-state index >= 15 is 0 Å². The topological polar surface area (TPSA) is 48.0 Å². The van der Waals surface area contributed by atoms with Crippen molar-refractivity contribution in [3.8, 4) is 5.75 Å². The molecule has 0 spiro atoms. The van der Waals surface area contributed by atoms with Gasteiger partial charge in [0, 0.05) is 12.2 Å². The Morgan fingerprint density at radius 1 is 1.21 bits per heavy atom. The molecule has 2 aromatic rings. The van der Waals surface area contributed by atoms with E-state index in [9.17, 15) is 4.79 Å². The summed E-state index contributed by atoms with van der Waals surface area (Å²) in [5.74, 6) is 1.04. The van der Waals surface area contributed by atoms with E-state index < -0.39 is 0 Å². The van der Waals surface area contributed by atoms with Crippen molar-refractivity contribution < 1.29 is 19.0 Å². The minimum Gasteiger partial charge on any atom is -0.497 e. The van der Waals surface area contributed by atoms with E-state index in [2.05, 4.69) is 24.0 Å². The van der Waals surface area contributed by atoms with Gasteiger partial charge in [-0.2, -0.15) is 0 Å². The summed E-state index contributed by atoms with van der Waals surface area (Å²) in [6.07, 6.45) is 2.11. The lowest BCUT2D eigenvalue weighted by Crippen LogP contribution is -2.45. The van der Waals surface area contributed by atoms with Crippen LogP contribution in [0.5, 0.6) is 5.75 Å². The second-order valence-electron chi connectivity index (χ2n) is 7.22. The van der Waals surface area contributed by atoms with Crippen LogP contribution in [0.2, 0.25) is 0 Å². The fourth-order valence-electron chi connectivity index (χ4n) is 3.70. The largest absolute Gasteiger partial charge is 0.497 e. The van der Waals surface area contributed by atoms with Gasteiger partial charge in [0.15, 0.2) is 0 Å². The molecule has 1 unspecified atom stereocenters. The number of anilines is 1. The van der Waals surface area contributed by atoms with Crippen molar-refractivity contribution in [3.63, 3.8) is 0 Å². The fraction of sp³-hybridized carbons (Fsp3) is 0.435. The number of morpholine rings is 1. The third-order valence-corrected chi connectivity index (χ3v) is 5.44. The molecule has 150 valence electrons. The Bertz CT molecular complexity index is 774. The lowest BCUT2D eigenvalue weighted by Gasteiger charge is -2.38. The van der Waals surface area contributed by atoms with E-state index in [1.54, 1.807) is 7.11 Å². The van der Waals surface area contributed by atoms with Crippen molar-refractivity contribution in [3.05, 3.63) is 59.7 Å². The predicted octanol–water partition coefficient (Wildman–Crippen LogP) is 4.27. The minimum atomic E-state index is -0.308. The van der Waals surface area contributed by atoms with Gasteiger partial charge in [-0.3, -0.25) is 0 Å². The van der Waals surface area contributed by atoms with Crippen LogP contribution in [-0.2, 0) is 9.47 Å². The van der Waals surface area contributed by atoms with E-state index in [1.807, 2.05) is 36.4 Å².